The Bertz CT molecular complexity index is 372. The van der Waals surface area contributed by atoms with Gasteiger partial charge in [0, 0.05) is 11.4 Å². The number of thiophene rings is 1. The number of amides is 1. The van der Waals surface area contributed by atoms with E-state index in [2.05, 4.69) is 33.0 Å². The fraction of sp³-hybridized carbons (Fsp3) is 0.615. The van der Waals surface area contributed by atoms with E-state index in [1.54, 1.807) is 11.3 Å². The Morgan fingerprint density at radius 3 is 3.06 bits per heavy atom. The van der Waals surface area contributed by atoms with E-state index in [9.17, 15) is 4.79 Å². The first-order chi connectivity index (χ1) is 8.68. The van der Waals surface area contributed by atoms with Crippen molar-refractivity contribution in [3.05, 3.63) is 22.4 Å². The van der Waals surface area contributed by atoms with E-state index in [1.165, 1.54) is 4.88 Å². The summed E-state index contributed by atoms with van der Waals surface area (Å²) < 4.78 is 0. The summed E-state index contributed by atoms with van der Waals surface area (Å²) in [6, 6.07) is 4.44. The lowest BCUT2D eigenvalue weighted by Crippen LogP contribution is -2.43. The van der Waals surface area contributed by atoms with Crippen molar-refractivity contribution >= 4 is 17.2 Å². The van der Waals surface area contributed by atoms with E-state index in [4.69, 9.17) is 0 Å². The van der Waals surface area contributed by atoms with E-state index in [-0.39, 0.29) is 18.0 Å². The van der Waals surface area contributed by atoms with Crippen molar-refractivity contribution in [1.82, 2.24) is 15.5 Å². The number of rotatable bonds is 5. The van der Waals surface area contributed by atoms with Crippen LogP contribution in [0.25, 0.3) is 0 Å². The van der Waals surface area contributed by atoms with Gasteiger partial charge in [0.15, 0.2) is 0 Å². The normalized spacial score (nSPS) is 21.2. The van der Waals surface area contributed by atoms with Crippen molar-refractivity contribution in [2.24, 2.45) is 0 Å². The molecule has 1 aromatic rings. The highest BCUT2D eigenvalue weighted by Crippen LogP contribution is 2.22. The minimum Gasteiger partial charge on any atom is -0.353 e. The second kappa shape index (κ2) is 6.31. The Labute approximate surface area is 112 Å². The number of hydrogen-bond acceptors (Lipinski definition) is 4. The summed E-state index contributed by atoms with van der Waals surface area (Å²) in [4.78, 5) is 15.4. The zero-order valence-corrected chi connectivity index (χ0v) is 11.8. The van der Waals surface area contributed by atoms with Gasteiger partial charge in [-0.3, -0.25) is 4.79 Å². The maximum absolute atomic E-state index is 12.0. The summed E-state index contributed by atoms with van der Waals surface area (Å²) in [5, 5.41) is 8.35. The highest BCUT2D eigenvalue weighted by molar-refractivity contribution is 7.10. The largest absolute Gasteiger partial charge is 0.353 e. The van der Waals surface area contributed by atoms with Crippen LogP contribution in [-0.2, 0) is 4.79 Å². The molecule has 1 aromatic heterocycles. The highest BCUT2D eigenvalue weighted by atomic mass is 32.1. The van der Waals surface area contributed by atoms with Crippen LogP contribution < -0.4 is 10.6 Å². The van der Waals surface area contributed by atoms with Gasteiger partial charge in [-0.15, -0.1) is 11.3 Å². The van der Waals surface area contributed by atoms with Gasteiger partial charge in [0.05, 0.1) is 12.1 Å². The Balaban J connectivity index is 1.88. The molecule has 1 aliphatic heterocycles. The third kappa shape index (κ3) is 3.31. The summed E-state index contributed by atoms with van der Waals surface area (Å²) in [7, 11) is 4.09. The van der Waals surface area contributed by atoms with Gasteiger partial charge >= 0.3 is 0 Å². The first-order valence-corrected chi connectivity index (χ1v) is 7.27. The molecule has 100 valence electrons. The Morgan fingerprint density at radius 2 is 2.50 bits per heavy atom. The minimum atomic E-state index is 0.0103. The van der Waals surface area contributed by atoms with Crippen LogP contribution in [0.3, 0.4) is 0 Å². The predicted molar refractivity (Wildman–Crippen MR) is 74.8 cm³/mol. The quantitative estimate of drug-likeness (QED) is 0.843. The fourth-order valence-electron chi connectivity index (χ4n) is 2.25. The molecule has 1 aliphatic rings. The Kier molecular flexibility index (Phi) is 4.74. The molecular weight excluding hydrogens is 246 g/mol. The zero-order valence-electron chi connectivity index (χ0n) is 11.0. The van der Waals surface area contributed by atoms with Gasteiger partial charge in [0.2, 0.25) is 5.91 Å². The monoisotopic (exact) mass is 267 g/mol. The number of carbonyl (C=O) groups excluding carboxylic acids is 1. The molecule has 0 aliphatic carbocycles. The van der Waals surface area contributed by atoms with E-state index < -0.39 is 0 Å². The molecule has 18 heavy (non-hydrogen) atoms. The first kappa shape index (κ1) is 13.5. The number of hydrogen-bond donors (Lipinski definition) is 2. The van der Waals surface area contributed by atoms with Gasteiger partial charge < -0.3 is 15.5 Å². The average Bonchev–Trinajstić information content (AvgIpc) is 3.01. The third-order valence-electron chi connectivity index (χ3n) is 3.34. The first-order valence-electron chi connectivity index (χ1n) is 6.39. The second-order valence-electron chi connectivity index (χ2n) is 4.89. The summed E-state index contributed by atoms with van der Waals surface area (Å²) >= 11 is 1.73. The third-order valence-corrected chi connectivity index (χ3v) is 4.31. The summed E-state index contributed by atoms with van der Waals surface area (Å²) in [6.45, 7) is 1.63. The van der Waals surface area contributed by atoms with Crippen LogP contribution in [0.2, 0.25) is 0 Å². The highest BCUT2D eigenvalue weighted by Gasteiger charge is 2.23. The van der Waals surface area contributed by atoms with Crippen LogP contribution >= 0.6 is 11.3 Å². The summed E-state index contributed by atoms with van der Waals surface area (Å²) in [6.07, 6.45) is 2.05. The molecule has 0 bridgehead atoms. The van der Waals surface area contributed by atoms with E-state index in [1.807, 2.05) is 14.1 Å². The van der Waals surface area contributed by atoms with Gasteiger partial charge in [0.25, 0.3) is 0 Å². The summed E-state index contributed by atoms with van der Waals surface area (Å²) in [5.41, 5.74) is 0. The van der Waals surface area contributed by atoms with E-state index in [0.29, 0.717) is 6.54 Å². The van der Waals surface area contributed by atoms with Crippen LogP contribution in [-0.4, -0.2) is 44.0 Å². The van der Waals surface area contributed by atoms with Gasteiger partial charge in [-0.1, -0.05) is 6.07 Å². The standard InChI is InChI=1S/C13H21N3OS/c1-16(2)11(12-6-4-8-18-12)9-15-13(17)10-5-3-7-14-10/h4,6,8,10-11,14H,3,5,7,9H2,1-2H3,(H,15,17)/t10-,11?/m0/s1. The van der Waals surface area contributed by atoms with Crippen LogP contribution in [0, 0.1) is 0 Å². The minimum absolute atomic E-state index is 0.0103. The molecule has 0 aromatic carbocycles. The molecule has 2 atom stereocenters. The lowest BCUT2D eigenvalue weighted by atomic mass is 10.2. The van der Waals surface area contributed by atoms with Crippen molar-refractivity contribution in [2.75, 3.05) is 27.2 Å². The molecule has 1 fully saturated rings. The molecule has 0 spiro atoms. The number of nitrogens with one attached hydrogen (secondary N) is 2. The fourth-order valence-corrected chi connectivity index (χ4v) is 3.17. The molecule has 2 rings (SSSR count). The van der Waals surface area contributed by atoms with E-state index >= 15 is 0 Å². The van der Waals surface area contributed by atoms with Gasteiger partial charge in [0.1, 0.15) is 0 Å². The van der Waals surface area contributed by atoms with Crippen molar-refractivity contribution in [3.8, 4) is 0 Å². The molecule has 1 unspecified atom stereocenters. The molecule has 5 heteroatoms. The molecule has 1 amide bonds. The number of carbonyl (C=O) groups is 1. The molecule has 0 radical (unpaired) electrons. The Hall–Kier alpha value is -0.910. The van der Waals surface area contributed by atoms with Crippen molar-refractivity contribution in [2.45, 2.75) is 24.9 Å². The Morgan fingerprint density at radius 1 is 1.67 bits per heavy atom. The van der Waals surface area contributed by atoms with Crippen molar-refractivity contribution in [3.63, 3.8) is 0 Å². The predicted octanol–water partition coefficient (Wildman–Crippen LogP) is 1.22. The van der Waals surface area contributed by atoms with Crippen LogP contribution in [0.15, 0.2) is 17.5 Å². The second-order valence-corrected chi connectivity index (χ2v) is 5.87. The number of likely N-dealkylation sites (N-methyl/N-ethyl adjacent to an activating group) is 1. The molecule has 2 N–H and O–H groups in total. The number of nitrogens with zero attached hydrogens (tertiary/aromatic N) is 1. The topological polar surface area (TPSA) is 44.4 Å². The lowest BCUT2D eigenvalue weighted by Gasteiger charge is -2.24. The van der Waals surface area contributed by atoms with Crippen LogP contribution in [0.4, 0.5) is 0 Å². The van der Waals surface area contributed by atoms with Gasteiger partial charge in [-0.05, 0) is 44.9 Å². The molecule has 4 nitrogen and oxygen atoms in total. The zero-order chi connectivity index (χ0) is 13.0. The maximum atomic E-state index is 12.0. The van der Waals surface area contributed by atoms with Crippen LogP contribution in [0.1, 0.15) is 23.8 Å². The van der Waals surface area contributed by atoms with Gasteiger partial charge in [-0.25, -0.2) is 0 Å². The maximum Gasteiger partial charge on any atom is 0.237 e. The van der Waals surface area contributed by atoms with Gasteiger partial charge in [-0.2, -0.15) is 0 Å². The molecule has 1 saturated heterocycles. The average molecular weight is 267 g/mol. The molecule has 0 saturated carbocycles. The lowest BCUT2D eigenvalue weighted by molar-refractivity contribution is -0.123. The van der Waals surface area contributed by atoms with Crippen LogP contribution in [0.5, 0.6) is 0 Å². The smallest absolute Gasteiger partial charge is 0.237 e. The summed E-state index contributed by atoms with van der Waals surface area (Å²) in [5.74, 6) is 0.135. The molecular formula is C13H21N3OS. The molecule has 2 heterocycles. The van der Waals surface area contributed by atoms with E-state index in [0.717, 1.165) is 19.4 Å². The van der Waals surface area contributed by atoms with Crippen molar-refractivity contribution in [1.29, 1.82) is 0 Å². The van der Waals surface area contributed by atoms with Crippen molar-refractivity contribution < 1.29 is 4.79 Å². The SMILES string of the molecule is CN(C)C(CNC(=O)[C@@H]1CCCN1)c1cccs1.